The number of aromatic nitrogens is 4. The van der Waals surface area contributed by atoms with E-state index in [4.69, 9.17) is 5.11 Å². The number of aryl methyl sites for hydroxylation is 3. The second kappa shape index (κ2) is 5.26. The molecule has 0 amide bonds. The van der Waals surface area contributed by atoms with Gasteiger partial charge in [-0.3, -0.25) is 9.36 Å². The Labute approximate surface area is 111 Å². The molecule has 2 rings (SSSR count). The lowest BCUT2D eigenvalue weighted by atomic mass is 10.2. The molecule has 0 saturated heterocycles. The molecular weight excluding hydrogens is 244 g/mol. The van der Waals surface area contributed by atoms with Crippen LogP contribution in [0.15, 0.2) is 12.3 Å². The average molecular weight is 262 g/mol. The number of hydrogen-bond acceptors (Lipinski definition) is 3. The van der Waals surface area contributed by atoms with Gasteiger partial charge in [-0.25, -0.2) is 4.79 Å². The minimum Gasteiger partial charge on any atom is -0.478 e. The molecule has 19 heavy (non-hydrogen) atoms. The van der Waals surface area contributed by atoms with Crippen molar-refractivity contribution in [1.29, 1.82) is 0 Å². The summed E-state index contributed by atoms with van der Waals surface area (Å²) in [5.41, 5.74) is 3.02. The van der Waals surface area contributed by atoms with Crippen LogP contribution in [0.5, 0.6) is 0 Å². The van der Waals surface area contributed by atoms with Gasteiger partial charge in [-0.2, -0.15) is 10.2 Å². The molecule has 2 aromatic heterocycles. The molecule has 2 heterocycles. The Balaban J connectivity index is 2.38. The van der Waals surface area contributed by atoms with Gasteiger partial charge in [-0.15, -0.1) is 0 Å². The van der Waals surface area contributed by atoms with Crippen LogP contribution in [-0.2, 0) is 26.4 Å². The smallest absolute Gasteiger partial charge is 0.339 e. The number of rotatable bonds is 5. The second-order valence-electron chi connectivity index (χ2n) is 4.43. The van der Waals surface area contributed by atoms with Crippen LogP contribution in [0.4, 0.5) is 0 Å². The first-order valence-electron chi connectivity index (χ1n) is 6.36. The lowest BCUT2D eigenvalue weighted by molar-refractivity contribution is 0.0695. The van der Waals surface area contributed by atoms with Crippen molar-refractivity contribution in [2.45, 2.75) is 33.2 Å². The van der Waals surface area contributed by atoms with E-state index in [1.54, 1.807) is 11.7 Å². The highest BCUT2D eigenvalue weighted by atomic mass is 16.4. The van der Waals surface area contributed by atoms with Crippen LogP contribution in [0.2, 0.25) is 0 Å². The van der Waals surface area contributed by atoms with Gasteiger partial charge in [0.1, 0.15) is 5.56 Å². The van der Waals surface area contributed by atoms with Crippen molar-refractivity contribution in [1.82, 2.24) is 19.6 Å². The van der Waals surface area contributed by atoms with Crippen molar-refractivity contribution in [3.05, 3.63) is 34.9 Å². The number of aromatic carboxylic acids is 1. The fraction of sp³-hybridized carbons (Fsp3) is 0.462. The summed E-state index contributed by atoms with van der Waals surface area (Å²) in [7, 11) is 1.75. The van der Waals surface area contributed by atoms with Gasteiger partial charge in [-0.1, -0.05) is 13.8 Å². The number of carboxylic acids is 1. The van der Waals surface area contributed by atoms with Gasteiger partial charge < -0.3 is 5.11 Å². The normalized spacial score (nSPS) is 10.9. The fourth-order valence-electron chi connectivity index (χ4n) is 2.08. The molecule has 0 saturated carbocycles. The van der Waals surface area contributed by atoms with Gasteiger partial charge in [0.15, 0.2) is 0 Å². The van der Waals surface area contributed by atoms with Gasteiger partial charge in [0.05, 0.1) is 24.1 Å². The maximum atomic E-state index is 11.2. The number of carboxylic acid groups (broad SMARTS) is 1. The van der Waals surface area contributed by atoms with Crippen LogP contribution in [-0.4, -0.2) is 30.6 Å². The van der Waals surface area contributed by atoms with Crippen molar-refractivity contribution in [2.24, 2.45) is 7.05 Å². The lowest BCUT2D eigenvalue weighted by Crippen LogP contribution is -2.13. The van der Waals surface area contributed by atoms with E-state index < -0.39 is 5.97 Å². The maximum Gasteiger partial charge on any atom is 0.339 e. The third-order valence-corrected chi connectivity index (χ3v) is 3.23. The molecule has 6 heteroatoms. The number of carbonyl (C=O) groups is 1. The molecule has 0 aliphatic rings. The Bertz CT molecular complexity index is 598. The van der Waals surface area contributed by atoms with Gasteiger partial charge in [0, 0.05) is 12.7 Å². The molecule has 0 aliphatic carbocycles. The molecule has 0 spiro atoms. The van der Waals surface area contributed by atoms with Crippen molar-refractivity contribution >= 4 is 5.97 Å². The fourth-order valence-corrected chi connectivity index (χ4v) is 2.08. The Morgan fingerprint density at radius 1 is 1.37 bits per heavy atom. The third kappa shape index (κ3) is 2.52. The predicted octanol–water partition coefficient (Wildman–Crippen LogP) is 1.49. The quantitative estimate of drug-likeness (QED) is 0.886. The van der Waals surface area contributed by atoms with E-state index in [9.17, 15) is 4.79 Å². The molecule has 2 aromatic rings. The summed E-state index contributed by atoms with van der Waals surface area (Å²) in [6, 6.07) is 2.07. The highest BCUT2D eigenvalue weighted by Crippen LogP contribution is 2.13. The third-order valence-electron chi connectivity index (χ3n) is 3.23. The van der Waals surface area contributed by atoms with Gasteiger partial charge in [0.25, 0.3) is 0 Å². The minimum absolute atomic E-state index is 0.234. The summed E-state index contributed by atoms with van der Waals surface area (Å²) >= 11 is 0. The molecule has 0 bridgehead atoms. The van der Waals surface area contributed by atoms with Crippen LogP contribution in [0.3, 0.4) is 0 Å². The summed E-state index contributed by atoms with van der Waals surface area (Å²) in [4.78, 5) is 11.2. The van der Waals surface area contributed by atoms with Crippen LogP contribution in [0.25, 0.3) is 0 Å². The first-order chi connectivity index (χ1) is 9.06. The zero-order valence-corrected chi connectivity index (χ0v) is 11.4. The molecular formula is C13H18N4O2. The highest BCUT2D eigenvalue weighted by Gasteiger charge is 2.17. The summed E-state index contributed by atoms with van der Waals surface area (Å²) in [6.07, 6.45) is 3.12. The first kappa shape index (κ1) is 13.3. The lowest BCUT2D eigenvalue weighted by Gasteiger charge is -2.07. The van der Waals surface area contributed by atoms with Gasteiger partial charge >= 0.3 is 5.97 Å². The van der Waals surface area contributed by atoms with E-state index in [1.807, 2.05) is 4.68 Å². The summed E-state index contributed by atoms with van der Waals surface area (Å²) < 4.78 is 3.46. The van der Waals surface area contributed by atoms with Crippen LogP contribution in [0, 0.1) is 0 Å². The maximum absolute atomic E-state index is 11.2. The number of nitrogens with zero attached hydrogens (tertiary/aromatic N) is 4. The molecule has 0 unspecified atom stereocenters. The summed E-state index contributed by atoms with van der Waals surface area (Å²) in [5.74, 6) is -0.955. The van der Waals surface area contributed by atoms with E-state index in [0.29, 0.717) is 12.2 Å². The monoisotopic (exact) mass is 262 g/mol. The Hall–Kier alpha value is -2.11. The van der Waals surface area contributed by atoms with Crippen molar-refractivity contribution in [3.63, 3.8) is 0 Å². The van der Waals surface area contributed by atoms with Crippen LogP contribution < -0.4 is 0 Å². The Kier molecular flexibility index (Phi) is 3.69. The van der Waals surface area contributed by atoms with E-state index in [0.717, 1.165) is 24.2 Å². The molecule has 0 fully saturated rings. The van der Waals surface area contributed by atoms with Gasteiger partial charge in [0.2, 0.25) is 0 Å². The topological polar surface area (TPSA) is 72.9 Å². The number of hydrogen-bond donors (Lipinski definition) is 1. The molecule has 102 valence electrons. The van der Waals surface area contributed by atoms with Crippen molar-refractivity contribution < 1.29 is 9.90 Å². The van der Waals surface area contributed by atoms with Crippen LogP contribution >= 0.6 is 0 Å². The molecule has 0 atom stereocenters. The van der Waals surface area contributed by atoms with Crippen molar-refractivity contribution in [2.75, 3.05) is 0 Å². The zero-order valence-electron chi connectivity index (χ0n) is 11.4. The molecule has 1 N–H and O–H groups in total. The second-order valence-corrected chi connectivity index (χ2v) is 4.43. The van der Waals surface area contributed by atoms with E-state index in [1.165, 1.54) is 6.20 Å². The summed E-state index contributed by atoms with van der Waals surface area (Å²) in [5, 5.41) is 17.7. The van der Waals surface area contributed by atoms with Crippen molar-refractivity contribution in [3.8, 4) is 0 Å². The highest BCUT2D eigenvalue weighted by molar-refractivity contribution is 5.88. The molecule has 6 nitrogen and oxygen atoms in total. The Morgan fingerprint density at radius 2 is 2.11 bits per heavy atom. The molecule has 0 aliphatic heterocycles. The minimum atomic E-state index is -0.955. The van der Waals surface area contributed by atoms with Crippen LogP contribution in [0.1, 0.15) is 41.3 Å². The molecule has 0 radical (unpaired) electrons. The standard InChI is InChI=1S/C13H18N4O2/c1-4-9-6-10(5-2)17(15-9)8-12-11(13(18)19)7-14-16(12)3/h6-7H,4-5,8H2,1-3H3,(H,18,19). The van der Waals surface area contributed by atoms with E-state index >= 15 is 0 Å². The first-order valence-corrected chi connectivity index (χ1v) is 6.36. The average Bonchev–Trinajstić information content (AvgIpc) is 2.94. The predicted molar refractivity (Wildman–Crippen MR) is 70.3 cm³/mol. The largest absolute Gasteiger partial charge is 0.478 e. The van der Waals surface area contributed by atoms with E-state index in [2.05, 4.69) is 30.1 Å². The SMILES string of the molecule is CCc1cc(CC)n(Cc2c(C(=O)O)cnn2C)n1. The van der Waals surface area contributed by atoms with E-state index in [-0.39, 0.29) is 5.56 Å². The zero-order chi connectivity index (χ0) is 14.0. The molecule has 0 aromatic carbocycles. The summed E-state index contributed by atoms with van der Waals surface area (Å²) in [6.45, 7) is 4.55. The Morgan fingerprint density at radius 3 is 2.68 bits per heavy atom. The van der Waals surface area contributed by atoms with Gasteiger partial charge in [-0.05, 0) is 18.9 Å².